The van der Waals surface area contributed by atoms with Gasteiger partial charge in [0.25, 0.3) is 10.1 Å². The minimum Gasteiger partial charge on any atom is -0.359 e. The van der Waals surface area contributed by atoms with E-state index < -0.39 is 15.4 Å². The molecule has 0 bridgehead atoms. The van der Waals surface area contributed by atoms with Crippen LogP contribution in [0.25, 0.3) is 0 Å². The summed E-state index contributed by atoms with van der Waals surface area (Å²) in [7, 11) is -2.44. The number of amides is 1. The quantitative estimate of drug-likeness (QED) is 0.614. The van der Waals surface area contributed by atoms with Gasteiger partial charge in [-0.2, -0.15) is 8.42 Å². The summed E-state index contributed by atoms with van der Waals surface area (Å²) in [6.45, 7) is 0. The molecule has 5 nitrogen and oxygen atoms in total. The van der Waals surface area contributed by atoms with E-state index in [4.69, 9.17) is 4.55 Å². The highest BCUT2D eigenvalue weighted by Gasteiger charge is 2.35. The maximum atomic E-state index is 11.1. The van der Waals surface area contributed by atoms with E-state index in [1.165, 1.54) is 7.05 Å². The first-order valence-electron chi connectivity index (χ1n) is 4.13. The Hall–Kier alpha value is -0.620. The second kappa shape index (κ2) is 3.63. The fraction of sp³-hybridized carbons (Fsp3) is 0.857. The number of hydrogen-bond acceptors (Lipinski definition) is 3. The van der Waals surface area contributed by atoms with Gasteiger partial charge >= 0.3 is 0 Å². The van der Waals surface area contributed by atoms with Crippen LogP contribution in [0.5, 0.6) is 0 Å². The largest absolute Gasteiger partial charge is 0.359 e. The molecule has 0 radical (unpaired) electrons. The van der Waals surface area contributed by atoms with Crippen molar-refractivity contribution in [2.24, 2.45) is 5.92 Å². The third-order valence-corrected chi connectivity index (χ3v) is 3.69. The van der Waals surface area contributed by atoms with Crippen LogP contribution in [-0.4, -0.2) is 31.2 Å². The van der Waals surface area contributed by atoms with Crippen LogP contribution < -0.4 is 5.32 Å². The Morgan fingerprint density at radius 3 is 2.46 bits per heavy atom. The fourth-order valence-corrected chi connectivity index (χ4v) is 2.56. The first kappa shape index (κ1) is 10.5. The molecule has 0 saturated heterocycles. The molecule has 0 unspecified atom stereocenters. The average Bonchev–Trinajstić information content (AvgIpc) is 2.50. The van der Waals surface area contributed by atoms with E-state index in [0.29, 0.717) is 12.8 Å². The monoisotopic (exact) mass is 207 g/mol. The van der Waals surface area contributed by atoms with E-state index in [0.717, 1.165) is 0 Å². The van der Waals surface area contributed by atoms with Crippen LogP contribution in [0.15, 0.2) is 0 Å². The number of nitrogens with one attached hydrogen (secondary N) is 1. The third-order valence-electron chi connectivity index (χ3n) is 2.42. The van der Waals surface area contributed by atoms with Crippen LogP contribution in [0, 0.1) is 5.92 Å². The minimum absolute atomic E-state index is 0.147. The molecule has 0 aromatic carbocycles. The number of hydrogen-bond donors (Lipinski definition) is 2. The second-order valence-corrected chi connectivity index (χ2v) is 4.96. The molecule has 1 fully saturated rings. The number of carbonyl (C=O) groups is 1. The summed E-state index contributed by atoms with van der Waals surface area (Å²) >= 11 is 0. The first-order chi connectivity index (χ1) is 5.95. The van der Waals surface area contributed by atoms with Crippen LogP contribution in [0.1, 0.15) is 19.3 Å². The van der Waals surface area contributed by atoms with E-state index in [2.05, 4.69) is 5.32 Å². The predicted octanol–water partition coefficient (Wildman–Crippen LogP) is -0.211. The van der Waals surface area contributed by atoms with Crippen LogP contribution in [0.4, 0.5) is 0 Å². The van der Waals surface area contributed by atoms with Crippen molar-refractivity contribution in [1.82, 2.24) is 5.32 Å². The second-order valence-electron chi connectivity index (χ2n) is 3.26. The van der Waals surface area contributed by atoms with Gasteiger partial charge in [0.2, 0.25) is 5.91 Å². The van der Waals surface area contributed by atoms with Gasteiger partial charge in [0.1, 0.15) is 0 Å². The van der Waals surface area contributed by atoms with Gasteiger partial charge in [0.05, 0.1) is 5.25 Å². The zero-order chi connectivity index (χ0) is 10.1. The number of rotatable bonds is 2. The van der Waals surface area contributed by atoms with Crippen molar-refractivity contribution in [3.8, 4) is 0 Å². The Balaban J connectivity index is 2.60. The Morgan fingerprint density at radius 1 is 1.46 bits per heavy atom. The molecule has 1 saturated carbocycles. The smallest absolute Gasteiger partial charge is 0.267 e. The maximum absolute atomic E-state index is 11.1. The summed E-state index contributed by atoms with van der Waals surface area (Å²) in [4.78, 5) is 11.1. The highest BCUT2D eigenvalue weighted by Crippen LogP contribution is 2.29. The van der Waals surface area contributed by atoms with Gasteiger partial charge in [-0.15, -0.1) is 0 Å². The molecule has 76 valence electrons. The molecule has 2 atom stereocenters. The number of carbonyl (C=O) groups excluding carboxylic acids is 1. The van der Waals surface area contributed by atoms with Gasteiger partial charge in [-0.25, -0.2) is 0 Å². The van der Waals surface area contributed by atoms with Crippen molar-refractivity contribution >= 4 is 16.0 Å². The van der Waals surface area contributed by atoms with Crippen LogP contribution >= 0.6 is 0 Å². The molecule has 13 heavy (non-hydrogen) atoms. The summed E-state index contributed by atoms with van der Waals surface area (Å²) < 4.78 is 30.2. The Labute approximate surface area is 77.3 Å². The van der Waals surface area contributed by atoms with Gasteiger partial charge < -0.3 is 5.32 Å². The summed E-state index contributed by atoms with van der Waals surface area (Å²) in [6.07, 6.45) is 1.14. The van der Waals surface area contributed by atoms with Gasteiger partial charge in [0, 0.05) is 13.0 Å². The molecule has 1 aliphatic carbocycles. The SMILES string of the molecule is CNC(=O)[C@H]1CC[C@H](S(=O)(=O)O)C1. The molecule has 0 aromatic rings. The highest BCUT2D eigenvalue weighted by molar-refractivity contribution is 7.86. The van der Waals surface area contributed by atoms with E-state index >= 15 is 0 Å². The minimum atomic E-state index is -3.96. The lowest BCUT2D eigenvalue weighted by molar-refractivity contribution is -0.124. The van der Waals surface area contributed by atoms with Crippen LogP contribution in [0.3, 0.4) is 0 Å². The Morgan fingerprint density at radius 2 is 2.08 bits per heavy atom. The normalized spacial score (nSPS) is 28.8. The Kier molecular flexibility index (Phi) is 2.92. The molecule has 1 aliphatic rings. The van der Waals surface area contributed by atoms with E-state index in [9.17, 15) is 13.2 Å². The van der Waals surface area contributed by atoms with Gasteiger partial charge in [-0.05, 0) is 19.3 Å². The molecular formula is C7H13NO4S. The molecular weight excluding hydrogens is 194 g/mol. The molecule has 0 aliphatic heterocycles. The molecule has 6 heteroatoms. The first-order valence-corrected chi connectivity index (χ1v) is 5.63. The van der Waals surface area contributed by atoms with E-state index in [1.807, 2.05) is 0 Å². The standard InChI is InChI=1S/C7H13NO4S/c1-8-7(9)5-2-3-6(4-5)13(10,11)12/h5-6H,2-4H2,1H3,(H,8,9)(H,10,11,12)/t5-,6-/m0/s1. The average molecular weight is 207 g/mol. The summed E-state index contributed by atoms with van der Waals surface area (Å²) in [5, 5.41) is 1.71. The predicted molar refractivity (Wildman–Crippen MR) is 46.7 cm³/mol. The molecule has 0 aromatic heterocycles. The topological polar surface area (TPSA) is 83.5 Å². The summed E-state index contributed by atoms with van der Waals surface area (Å²) in [5.74, 6) is -0.414. The summed E-state index contributed by atoms with van der Waals surface area (Å²) in [5.41, 5.74) is 0. The molecule has 0 heterocycles. The fourth-order valence-electron chi connectivity index (χ4n) is 1.65. The molecule has 0 spiro atoms. The van der Waals surface area contributed by atoms with Crippen LogP contribution in [-0.2, 0) is 14.9 Å². The van der Waals surface area contributed by atoms with E-state index in [-0.39, 0.29) is 18.2 Å². The maximum Gasteiger partial charge on any atom is 0.267 e. The van der Waals surface area contributed by atoms with E-state index in [1.54, 1.807) is 0 Å². The van der Waals surface area contributed by atoms with Gasteiger partial charge in [0.15, 0.2) is 0 Å². The van der Waals surface area contributed by atoms with Crippen molar-refractivity contribution in [3.05, 3.63) is 0 Å². The van der Waals surface area contributed by atoms with Crippen molar-refractivity contribution in [3.63, 3.8) is 0 Å². The lowest BCUT2D eigenvalue weighted by Crippen LogP contribution is -2.26. The van der Waals surface area contributed by atoms with Crippen molar-refractivity contribution in [2.45, 2.75) is 24.5 Å². The molecule has 1 rings (SSSR count). The summed E-state index contributed by atoms with van der Waals surface area (Å²) in [6, 6.07) is 0. The van der Waals surface area contributed by atoms with Gasteiger partial charge in [-0.1, -0.05) is 0 Å². The van der Waals surface area contributed by atoms with Crippen molar-refractivity contribution in [1.29, 1.82) is 0 Å². The molecule has 2 N–H and O–H groups in total. The zero-order valence-electron chi connectivity index (χ0n) is 7.36. The highest BCUT2D eigenvalue weighted by atomic mass is 32.2. The lowest BCUT2D eigenvalue weighted by Gasteiger charge is -2.07. The Bertz CT molecular complexity index is 298. The zero-order valence-corrected chi connectivity index (χ0v) is 8.17. The molecule has 1 amide bonds. The van der Waals surface area contributed by atoms with Crippen LogP contribution in [0.2, 0.25) is 0 Å². The van der Waals surface area contributed by atoms with Gasteiger partial charge in [-0.3, -0.25) is 9.35 Å². The van der Waals surface area contributed by atoms with Crippen molar-refractivity contribution in [2.75, 3.05) is 7.05 Å². The third kappa shape index (κ3) is 2.41. The van der Waals surface area contributed by atoms with Crippen molar-refractivity contribution < 1.29 is 17.8 Å². The lowest BCUT2D eigenvalue weighted by atomic mass is 10.1.